The molecule has 0 saturated heterocycles. The van der Waals surface area contributed by atoms with E-state index in [-0.39, 0.29) is 0 Å². The van der Waals surface area contributed by atoms with Crippen LogP contribution in [0.15, 0.2) is 30.3 Å². The van der Waals surface area contributed by atoms with Crippen LogP contribution < -0.4 is 11.3 Å². The highest BCUT2D eigenvalue weighted by Gasteiger charge is 2.22. The Morgan fingerprint density at radius 2 is 1.62 bits per heavy atom. The molecule has 0 aliphatic heterocycles. The fourth-order valence-corrected chi connectivity index (χ4v) is 2.81. The Hall–Kier alpha value is -0.860. The smallest absolute Gasteiger partial charge is 0.0488 e. The van der Waals surface area contributed by atoms with E-state index < -0.39 is 0 Å². The number of hydrazine groups is 1. The predicted octanol–water partition coefficient (Wildman–Crippen LogP) is 3.16. The number of hydrogen-bond donors (Lipinski definition) is 2. The molecule has 16 heavy (non-hydrogen) atoms. The molecule has 1 aliphatic carbocycles. The van der Waals surface area contributed by atoms with E-state index in [0.717, 1.165) is 0 Å². The summed E-state index contributed by atoms with van der Waals surface area (Å²) in [4.78, 5) is 0. The molecule has 0 aromatic heterocycles. The first-order chi connectivity index (χ1) is 7.92. The monoisotopic (exact) mass is 218 g/mol. The number of benzene rings is 1. The number of nitrogens with two attached hydrogens (primary N) is 1. The molecule has 1 aliphatic rings. The van der Waals surface area contributed by atoms with Crippen molar-refractivity contribution in [2.24, 2.45) is 11.8 Å². The second-order valence-electron chi connectivity index (χ2n) is 4.81. The van der Waals surface area contributed by atoms with Crippen LogP contribution in [0.5, 0.6) is 0 Å². The van der Waals surface area contributed by atoms with Gasteiger partial charge in [-0.3, -0.25) is 11.3 Å². The lowest BCUT2D eigenvalue weighted by molar-refractivity contribution is 0.329. The fourth-order valence-electron chi connectivity index (χ4n) is 2.81. The van der Waals surface area contributed by atoms with Crippen molar-refractivity contribution in [1.82, 2.24) is 5.43 Å². The number of rotatable bonds is 3. The van der Waals surface area contributed by atoms with Crippen LogP contribution >= 0.6 is 0 Å². The van der Waals surface area contributed by atoms with Gasteiger partial charge in [0.15, 0.2) is 0 Å². The van der Waals surface area contributed by atoms with E-state index in [1.165, 1.54) is 44.1 Å². The van der Waals surface area contributed by atoms with Crippen LogP contribution in [0.25, 0.3) is 0 Å². The molecule has 1 unspecified atom stereocenters. The molecular formula is C14H22N2. The first kappa shape index (κ1) is 11.6. The van der Waals surface area contributed by atoms with Crippen LogP contribution in [0.3, 0.4) is 0 Å². The fraction of sp³-hybridized carbons (Fsp3) is 0.571. The van der Waals surface area contributed by atoms with Crippen molar-refractivity contribution in [1.29, 1.82) is 0 Å². The van der Waals surface area contributed by atoms with Gasteiger partial charge in [-0.1, -0.05) is 56.0 Å². The van der Waals surface area contributed by atoms with Crippen molar-refractivity contribution in [2.75, 3.05) is 0 Å². The third-order valence-electron chi connectivity index (χ3n) is 3.71. The van der Waals surface area contributed by atoms with Crippen LogP contribution in [0, 0.1) is 5.92 Å². The van der Waals surface area contributed by atoms with Gasteiger partial charge in [0.1, 0.15) is 0 Å². The second-order valence-corrected chi connectivity index (χ2v) is 4.81. The Balaban J connectivity index is 2.09. The summed E-state index contributed by atoms with van der Waals surface area (Å²) in [6.07, 6.45) is 8.12. The van der Waals surface area contributed by atoms with E-state index >= 15 is 0 Å². The zero-order chi connectivity index (χ0) is 11.2. The molecule has 1 atom stereocenters. The van der Waals surface area contributed by atoms with Gasteiger partial charge in [-0.2, -0.15) is 0 Å². The molecule has 0 spiro atoms. The summed E-state index contributed by atoms with van der Waals surface area (Å²) >= 11 is 0. The first-order valence-corrected chi connectivity index (χ1v) is 6.43. The lowest BCUT2D eigenvalue weighted by Crippen LogP contribution is -2.33. The van der Waals surface area contributed by atoms with Gasteiger partial charge < -0.3 is 0 Å². The average Bonchev–Trinajstić information content (AvgIpc) is 2.61. The maximum absolute atomic E-state index is 5.74. The molecule has 88 valence electrons. The quantitative estimate of drug-likeness (QED) is 0.464. The van der Waals surface area contributed by atoms with Gasteiger partial charge in [0, 0.05) is 6.04 Å². The molecule has 2 nitrogen and oxygen atoms in total. The second kappa shape index (κ2) is 6.02. The molecule has 0 amide bonds. The van der Waals surface area contributed by atoms with Crippen molar-refractivity contribution >= 4 is 0 Å². The molecule has 1 aromatic rings. The summed E-state index contributed by atoms with van der Waals surface area (Å²) in [7, 11) is 0. The van der Waals surface area contributed by atoms with Gasteiger partial charge in [-0.05, 0) is 24.3 Å². The average molecular weight is 218 g/mol. The summed E-state index contributed by atoms with van der Waals surface area (Å²) < 4.78 is 0. The molecule has 0 heterocycles. The van der Waals surface area contributed by atoms with E-state index in [2.05, 4.69) is 35.8 Å². The van der Waals surface area contributed by atoms with E-state index in [0.29, 0.717) is 12.0 Å². The summed E-state index contributed by atoms with van der Waals surface area (Å²) in [5.41, 5.74) is 4.35. The molecule has 0 radical (unpaired) electrons. The lowest BCUT2D eigenvalue weighted by atomic mass is 9.88. The highest BCUT2D eigenvalue weighted by Crippen LogP contribution is 2.32. The van der Waals surface area contributed by atoms with Gasteiger partial charge in [0.05, 0.1) is 0 Å². The van der Waals surface area contributed by atoms with Gasteiger partial charge in [0.25, 0.3) is 0 Å². The molecule has 1 fully saturated rings. The minimum absolute atomic E-state index is 0.333. The summed E-state index contributed by atoms with van der Waals surface area (Å²) in [6.45, 7) is 0. The topological polar surface area (TPSA) is 38.0 Å². The highest BCUT2D eigenvalue weighted by atomic mass is 15.2. The van der Waals surface area contributed by atoms with Gasteiger partial charge in [-0.25, -0.2) is 0 Å². The summed E-state index contributed by atoms with van der Waals surface area (Å²) in [6, 6.07) is 10.9. The Kier molecular flexibility index (Phi) is 4.37. The third-order valence-corrected chi connectivity index (χ3v) is 3.71. The van der Waals surface area contributed by atoms with E-state index in [1.54, 1.807) is 0 Å². The van der Waals surface area contributed by atoms with Crippen molar-refractivity contribution < 1.29 is 0 Å². The molecule has 1 saturated carbocycles. The summed E-state index contributed by atoms with van der Waals surface area (Å²) in [5, 5.41) is 0. The van der Waals surface area contributed by atoms with E-state index in [4.69, 9.17) is 5.84 Å². The van der Waals surface area contributed by atoms with Gasteiger partial charge >= 0.3 is 0 Å². The Morgan fingerprint density at radius 3 is 2.19 bits per heavy atom. The SMILES string of the molecule is NNC(c1ccccc1)C1CCCCCC1. The van der Waals surface area contributed by atoms with Crippen LogP contribution in [-0.2, 0) is 0 Å². The molecule has 3 N–H and O–H groups in total. The van der Waals surface area contributed by atoms with E-state index in [1.807, 2.05) is 0 Å². The lowest BCUT2D eigenvalue weighted by Gasteiger charge is -2.25. The van der Waals surface area contributed by atoms with Gasteiger partial charge in [-0.15, -0.1) is 0 Å². The third kappa shape index (κ3) is 2.83. The van der Waals surface area contributed by atoms with Crippen molar-refractivity contribution in [3.8, 4) is 0 Å². The van der Waals surface area contributed by atoms with Gasteiger partial charge in [0.2, 0.25) is 0 Å². The van der Waals surface area contributed by atoms with Crippen LogP contribution in [0.1, 0.15) is 50.1 Å². The molecular weight excluding hydrogens is 196 g/mol. The Bertz CT molecular complexity index is 289. The minimum Gasteiger partial charge on any atom is -0.271 e. The molecule has 2 rings (SSSR count). The normalized spacial score (nSPS) is 20.3. The number of nitrogens with one attached hydrogen (secondary N) is 1. The standard InChI is InChI=1S/C14H22N2/c15-16-14(13-10-6-3-7-11-13)12-8-4-1-2-5-9-12/h3,6-7,10-12,14,16H,1-2,4-5,8-9,15H2. The first-order valence-electron chi connectivity index (χ1n) is 6.43. The largest absolute Gasteiger partial charge is 0.271 e. The number of hydrogen-bond acceptors (Lipinski definition) is 2. The predicted molar refractivity (Wildman–Crippen MR) is 67.7 cm³/mol. The highest BCUT2D eigenvalue weighted by molar-refractivity contribution is 5.19. The summed E-state index contributed by atoms with van der Waals surface area (Å²) in [5.74, 6) is 6.44. The maximum Gasteiger partial charge on any atom is 0.0488 e. The zero-order valence-electron chi connectivity index (χ0n) is 9.86. The van der Waals surface area contributed by atoms with Crippen molar-refractivity contribution in [3.63, 3.8) is 0 Å². The van der Waals surface area contributed by atoms with Crippen LogP contribution in [0.4, 0.5) is 0 Å². The minimum atomic E-state index is 0.333. The molecule has 1 aromatic carbocycles. The van der Waals surface area contributed by atoms with Crippen molar-refractivity contribution in [2.45, 2.75) is 44.6 Å². The Labute approximate surface area is 98.2 Å². The molecule has 0 bridgehead atoms. The molecule has 2 heteroatoms. The van der Waals surface area contributed by atoms with Crippen LogP contribution in [0.2, 0.25) is 0 Å². The maximum atomic E-state index is 5.74. The zero-order valence-corrected chi connectivity index (χ0v) is 9.86. The van der Waals surface area contributed by atoms with Crippen LogP contribution in [-0.4, -0.2) is 0 Å². The van der Waals surface area contributed by atoms with Crippen molar-refractivity contribution in [3.05, 3.63) is 35.9 Å². The Morgan fingerprint density at radius 1 is 1.00 bits per heavy atom. The van der Waals surface area contributed by atoms with E-state index in [9.17, 15) is 0 Å².